The highest BCUT2D eigenvalue weighted by Crippen LogP contribution is 2.34. The molecule has 0 fully saturated rings. The van der Waals surface area contributed by atoms with Crippen LogP contribution in [0.4, 0.5) is 0 Å². The maximum atomic E-state index is 12.9. The SMILES string of the molecule is C/C=C/c1cc(C(=O)N(C)Cc2ccc(SC)cc2)cc(OC)c1OC. The molecule has 0 unspecified atom stereocenters. The number of methoxy groups -OCH3 is 2. The number of allylic oxidation sites excluding steroid dienone is 1. The molecule has 138 valence electrons. The molecule has 4 nitrogen and oxygen atoms in total. The van der Waals surface area contributed by atoms with Crippen molar-refractivity contribution in [2.45, 2.75) is 18.4 Å². The lowest BCUT2D eigenvalue weighted by atomic mass is 10.1. The average Bonchev–Trinajstić information content (AvgIpc) is 2.67. The van der Waals surface area contributed by atoms with Crippen molar-refractivity contribution in [1.29, 1.82) is 0 Å². The largest absolute Gasteiger partial charge is 0.493 e. The van der Waals surface area contributed by atoms with E-state index in [9.17, 15) is 4.79 Å². The molecule has 0 bridgehead atoms. The Balaban J connectivity index is 2.27. The van der Waals surface area contributed by atoms with Crippen molar-refractivity contribution in [3.63, 3.8) is 0 Å². The van der Waals surface area contributed by atoms with Crippen LogP contribution in [-0.2, 0) is 6.54 Å². The predicted molar refractivity (Wildman–Crippen MR) is 108 cm³/mol. The Bertz CT molecular complexity index is 785. The van der Waals surface area contributed by atoms with Gasteiger partial charge < -0.3 is 14.4 Å². The molecular weight excluding hydrogens is 346 g/mol. The van der Waals surface area contributed by atoms with E-state index >= 15 is 0 Å². The Kier molecular flexibility index (Phi) is 7.16. The highest BCUT2D eigenvalue weighted by atomic mass is 32.2. The van der Waals surface area contributed by atoms with Crippen molar-refractivity contribution in [2.75, 3.05) is 27.5 Å². The van der Waals surface area contributed by atoms with Gasteiger partial charge in [-0.3, -0.25) is 4.79 Å². The van der Waals surface area contributed by atoms with Crippen LogP contribution in [0.5, 0.6) is 11.5 Å². The van der Waals surface area contributed by atoms with Gasteiger partial charge in [0.1, 0.15) is 0 Å². The summed E-state index contributed by atoms with van der Waals surface area (Å²) in [7, 11) is 4.97. The van der Waals surface area contributed by atoms with E-state index in [2.05, 4.69) is 24.3 Å². The van der Waals surface area contributed by atoms with Gasteiger partial charge >= 0.3 is 0 Å². The summed E-state index contributed by atoms with van der Waals surface area (Å²) in [5.74, 6) is 1.10. The quantitative estimate of drug-likeness (QED) is 0.660. The van der Waals surface area contributed by atoms with Crippen molar-refractivity contribution in [3.05, 3.63) is 59.2 Å². The van der Waals surface area contributed by atoms with E-state index in [0.29, 0.717) is 23.6 Å². The minimum atomic E-state index is -0.0642. The van der Waals surface area contributed by atoms with Crippen LogP contribution < -0.4 is 9.47 Å². The second-order valence-electron chi connectivity index (χ2n) is 5.81. The lowest BCUT2D eigenvalue weighted by Crippen LogP contribution is -2.26. The summed E-state index contributed by atoms with van der Waals surface area (Å²) in [5, 5.41) is 0. The molecule has 0 aliphatic rings. The van der Waals surface area contributed by atoms with Crippen LogP contribution in [0.1, 0.15) is 28.4 Å². The number of benzene rings is 2. The lowest BCUT2D eigenvalue weighted by molar-refractivity contribution is 0.0784. The number of nitrogens with zero attached hydrogens (tertiary/aromatic N) is 1. The number of thioether (sulfide) groups is 1. The third-order valence-corrected chi connectivity index (χ3v) is 4.77. The summed E-state index contributed by atoms with van der Waals surface area (Å²) >= 11 is 1.70. The summed E-state index contributed by atoms with van der Waals surface area (Å²) < 4.78 is 10.8. The van der Waals surface area contributed by atoms with Crippen LogP contribution in [-0.4, -0.2) is 38.3 Å². The third-order valence-electron chi connectivity index (χ3n) is 4.03. The van der Waals surface area contributed by atoms with Crippen LogP contribution in [0.3, 0.4) is 0 Å². The fourth-order valence-corrected chi connectivity index (χ4v) is 3.13. The standard InChI is InChI=1S/C21H25NO3S/c1-6-7-16-12-17(13-19(24-3)20(16)25-4)21(23)22(2)14-15-8-10-18(26-5)11-9-15/h6-13H,14H2,1-5H3/b7-6+. The molecule has 0 saturated carbocycles. The molecule has 2 aromatic carbocycles. The second kappa shape index (κ2) is 9.34. The summed E-state index contributed by atoms with van der Waals surface area (Å²) in [6.45, 7) is 2.46. The highest BCUT2D eigenvalue weighted by molar-refractivity contribution is 7.98. The third kappa shape index (κ3) is 4.61. The maximum Gasteiger partial charge on any atom is 0.254 e. The van der Waals surface area contributed by atoms with E-state index in [4.69, 9.17) is 9.47 Å². The number of carbonyl (C=O) groups excluding carboxylic acids is 1. The van der Waals surface area contributed by atoms with E-state index in [1.807, 2.05) is 31.4 Å². The van der Waals surface area contributed by atoms with Crippen molar-refractivity contribution >= 4 is 23.7 Å². The summed E-state index contributed by atoms with van der Waals surface area (Å²) in [6.07, 6.45) is 5.85. The monoisotopic (exact) mass is 371 g/mol. The van der Waals surface area contributed by atoms with Crippen LogP contribution >= 0.6 is 11.8 Å². The van der Waals surface area contributed by atoms with Gasteiger partial charge in [-0.05, 0) is 43.0 Å². The number of amides is 1. The van der Waals surface area contributed by atoms with Gasteiger partial charge in [0.05, 0.1) is 14.2 Å². The molecule has 0 aliphatic heterocycles. The van der Waals surface area contributed by atoms with Gasteiger partial charge in [-0.25, -0.2) is 0 Å². The van der Waals surface area contributed by atoms with Gasteiger partial charge in [0.15, 0.2) is 11.5 Å². The zero-order valence-electron chi connectivity index (χ0n) is 15.9. The average molecular weight is 372 g/mol. The minimum Gasteiger partial charge on any atom is -0.493 e. The van der Waals surface area contributed by atoms with Crippen molar-refractivity contribution in [2.24, 2.45) is 0 Å². The van der Waals surface area contributed by atoms with Gasteiger partial charge in [-0.15, -0.1) is 11.8 Å². The molecule has 0 atom stereocenters. The predicted octanol–water partition coefficient (Wildman–Crippen LogP) is 4.73. The van der Waals surface area contributed by atoms with Gasteiger partial charge in [0, 0.05) is 29.6 Å². The molecule has 2 rings (SSSR count). The molecule has 26 heavy (non-hydrogen) atoms. The molecule has 0 radical (unpaired) electrons. The van der Waals surface area contributed by atoms with Crippen LogP contribution in [0.25, 0.3) is 6.08 Å². The first kappa shape index (κ1) is 19.9. The van der Waals surface area contributed by atoms with Gasteiger partial charge in [-0.2, -0.15) is 0 Å². The van der Waals surface area contributed by atoms with Crippen molar-refractivity contribution in [3.8, 4) is 11.5 Å². The van der Waals surface area contributed by atoms with E-state index in [1.54, 1.807) is 44.0 Å². The van der Waals surface area contributed by atoms with Crippen LogP contribution in [0.15, 0.2) is 47.4 Å². The molecule has 0 heterocycles. The lowest BCUT2D eigenvalue weighted by Gasteiger charge is -2.19. The Hall–Kier alpha value is -2.40. The van der Waals surface area contributed by atoms with Gasteiger partial charge in [0.2, 0.25) is 0 Å². The molecule has 0 aromatic heterocycles. The zero-order chi connectivity index (χ0) is 19.1. The van der Waals surface area contributed by atoms with E-state index < -0.39 is 0 Å². The molecule has 1 amide bonds. The summed E-state index contributed by atoms with van der Waals surface area (Å²) in [4.78, 5) is 15.8. The first-order valence-electron chi connectivity index (χ1n) is 8.31. The molecule has 2 aromatic rings. The first-order chi connectivity index (χ1) is 12.5. The molecule has 0 aliphatic carbocycles. The number of carbonyl (C=O) groups is 1. The molecule has 0 N–H and O–H groups in total. The Morgan fingerprint density at radius 1 is 1.15 bits per heavy atom. The van der Waals surface area contributed by atoms with E-state index in [0.717, 1.165) is 11.1 Å². The second-order valence-corrected chi connectivity index (χ2v) is 6.69. The topological polar surface area (TPSA) is 38.8 Å². The molecule has 0 saturated heterocycles. The Labute approximate surface area is 159 Å². The van der Waals surface area contributed by atoms with E-state index in [1.165, 1.54) is 4.90 Å². The first-order valence-corrected chi connectivity index (χ1v) is 9.53. The minimum absolute atomic E-state index is 0.0642. The normalized spacial score (nSPS) is 10.8. The van der Waals surface area contributed by atoms with E-state index in [-0.39, 0.29) is 5.91 Å². The fourth-order valence-electron chi connectivity index (χ4n) is 2.72. The number of ether oxygens (including phenoxy) is 2. The Morgan fingerprint density at radius 3 is 2.38 bits per heavy atom. The Morgan fingerprint density at radius 2 is 1.85 bits per heavy atom. The zero-order valence-corrected chi connectivity index (χ0v) is 16.7. The van der Waals surface area contributed by atoms with Gasteiger partial charge in [0.25, 0.3) is 5.91 Å². The maximum absolute atomic E-state index is 12.9. The highest BCUT2D eigenvalue weighted by Gasteiger charge is 2.18. The smallest absolute Gasteiger partial charge is 0.254 e. The fraction of sp³-hybridized carbons (Fsp3) is 0.286. The molecular formula is C21H25NO3S. The number of hydrogen-bond donors (Lipinski definition) is 0. The summed E-state index contributed by atoms with van der Waals surface area (Å²) in [5.41, 5.74) is 2.47. The van der Waals surface area contributed by atoms with Crippen molar-refractivity contribution < 1.29 is 14.3 Å². The van der Waals surface area contributed by atoms with Crippen LogP contribution in [0.2, 0.25) is 0 Å². The summed E-state index contributed by atoms with van der Waals surface area (Å²) in [6, 6.07) is 11.8. The van der Waals surface area contributed by atoms with Gasteiger partial charge in [-0.1, -0.05) is 24.3 Å². The van der Waals surface area contributed by atoms with Crippen molar-refractivity contribution in [1.82, 2.24) is 4.90 Å². The molecule has 5 heteroatoms. The number of rotatable bonds is 7. The number of hydrogen-bond acceptors (Lipinski definition) is 4. The van der Waals surface area contributed by atoms with Crippen LogP contribution in [0, 0.1) is 0 Å². The molecule has 0 spiro atoms.